The fourth-order valence-electron chi connectivity index (χ4n) is 2.34. The van der Waals surface area contributed by atoms with Crippen molar-refractivity contribution in [3.05, 3.63) is 53.0 Å². The Morgan fingerprint density at radius 3 is 2.68 bits per heavy atom. The number of halogens is 1. The molecule has 2 aromatic carbocycles. The number of hydrogen-bond donors (Lipinski definition) is 1. The number of rotatable bonds is 6. The van der Waals surface area contributed by atoms with Crippen molar-refractivity contribution in [3.8, 4) is 0 Å². The minimum atomic E-state index is -3.41. The first-order valence-electron chi connectivity index (χ1n) is 7.55. The van der Waals surface area contributed by atoms with Crippen LogP contribution in [0.3, 0.4) is 0 Å². The Hall–Kier alpha value is -1.96. The summed E-state index contributed by atoms with van der Waals surface area (Å²) in [6.07, 6.45) is 0.373. The topological polar surface area (TPSA) is 76.1 Å². The maximum absolute atomic E-state index is 12.2. The number of hydrogen-bond acceptors (Lipinski definition) is 5. The number of sulfone groups is 1. The second kappa shape index (κ2) is 7.51. The Morgan fingerprint density at radius 1 is 1.16 bits per heavy atom. The molecule has 0 saturated carbocycles. The van der Waals surface area contributed by atoms with Crippen molar-refractivity contribution in [2.45, 2.75) is 17.7 Å². The lowest BCUT2D eigenvalue weighted by atomic mass is 10.2. The summed E-state index contributed by atoms with van der Waals surface area (Å²) in [7, 11) is -3.41. The third kappa shape index (κ3) is 4.56. The fraction of sp³-hybridized carbons (Fsp3) is 0.176. The lowest BCUT2D eigenvalue weighted by Crippen LogP contribution is -2.14. The largest absolute Gasteiger partial charge is 0.326 e. The minimum absolute atomic E-state index is 0.0901. The molecule has 1 amide bonds. The average molecular weight is 395 g/mol. The molecule has 1 aromatic heterocycles. The Morgan fingerprint density at radius 2 is 1.92 bits per heavy atom. The molecule has 0 radical (unpaired) electrons. The van der Waals surface area contributed by atoms with Crippen LogP contribution < -0.4 is 5.32 Å². The number of nitrogens with zero attached hydrogens (tertiary/aromatic N) is 1. The highest BCUT2D eigenvalue weighted by molar-refractivity contribution is 7.91. The molecule has 5 nitrogen and oxygen atoms in total. The second-order valence-corrected chi connectivity index (χ2v) is 8.89. The van der Waals surface area contributed by atoms with E-state index in [1.807, 2.05) is 12.1 Å². The molecular formula is C17H15ClN2O3S2. The maximum Gasteiger partial charge on any atom is 0.224 e. The Bertz CT molecular complexity index is 998. The van der Waals surface area contributed by atoms with Gasteiger partial charge in [-0.25, -0.2) is 13.4 Å². The van der Waals surface area contributed by atoms with Gasteiger partial charge in [-0.05, 0) is 48.9 Å². The first-order chi connectivity index (χ1) is 11.9. The van der Waals surface area contributed by atoms with Crippen LogP contribution >= 0.6 is 22.9 Å². The van der Waals surface area contributed by atoms with Gasteiger partial charge in [0.2, 0.25) is 5.91 Å². The van der Waals surface area contributed by atoms with Crippen LogP contribution in [0.15, 0.2) is 52.9 Å². The Balaban J connectivity index is 1.54. The van der Waals surface area contributed by atoms with Crippen LogP contribution in [0.2, 0.25) is 5.02 Å². The maximum atomic E-state index is 12.2. The molecule has 130 valence electrons. The highest BCUT2D eigenvalue weighted by atomic mass is 35.5. The van der Waals surface area contributed by atoms with Crippen LogP contribution in [0, 0.1) is 0 Å². The van der Waals surface area contributed by atoms with Crippen LogP contribution in [0.4, 0.5) is 5.69 Å². The van der Waals surface area contributed by atoms with Crippen LogP contribution in [0.1, 0.15) is 12.8 Å². The van der Waals surface area contributed by atoms with E-state index in [2.05, 4.69) is 10.3 Å². The molecule has 0 bridgehead atoms. The Kier molecular flexibility index (Phi) is 5.36. The van der Waals surface area contributed by atoms with Gasteiger partial charge in [-0.2, -0.15) is 0 Å². The molecule has 3 aromatic rings. The number of amides is 1. The van der Waals surface area contributed by atoms with Crippen LogP contribution in [0.5, 0.6) is 0 Å². The second-order valence-electron chi connectivity index (χ2n) is 5.46. The number of fused-ring (bicyclic) bond motifs is 1. The monoisotopic (exact) mass is 394 g/mol. The normalized spacial score (nSPS) is 11.6. The van der Waals surface area contributed by atoms with Gasteiger partial charge < -0.3 is 5.32 Å². The SMILES string of the molecule is O=C(CCCS(=O)(=O)c1ccc(Cl)cc1)Nc1ccc2scnc2c1. The van der Waals surface area contributed by atoms with E-state index >= 15 is 0 Å². The van der Waals surface area contributed by atoms with E-state index in [4.69, 9.17) is 11.6 Å². The lowest BCUT2D eigenvalue weighted by molar-refractivity contribution is -0.116. The summed E-state index contributed by atoms with van der Waals surface area (Å²) in [4.78, 5) is 16.4. The summed E-state index contributed by atoms with van der Waals surface area (Å²) in [5.74, 6) is -0.312. The molecule has 1 N–H and O–H groups in total. The molecule has 0 saturated heterocycles. The predicted molar refractivity (Wildman–Crippen MR) is 101 cm³/mol. The summed E-state index contributed by atoms with van der Waals surface area (Å²) in [5, 5.41) is 3.25. The van der Waals surface area contributed by atoms with Gasteiger partial charge in [-0.15, -0.1) is 11.3 Å². The number of aromatic nitrogens is 1. The van der Waals surface area contributed by atoms with Crippen molar-refractivity contribution >= 4 is 54.6 Å². The number of carbonyl (C=O) groups is 1. The molecule has 0 unspecified atom stereocenters. The smallest absolute Gasteiger partial charge is 0.224 e. The first kappa shape index (κ1) is 17.8. The van der Waals surface area contributed by atoms with E-state index in [-0.39, 0.29) is 29.4 Å². The standard InChI is InChI=1S/C17H15ClN2O3S2/c18-12-3-6-14(7-4-12)25(22,23)9-1-2-17(21)20-13-5-8-16-15(10-13)19-11-24-16/h3-8,10-11H,1-2,9H2,(H,20,21). The van der Waals surface area contributed by atoms with Crippen molar-refractivity contribution in [1.82, 2.24) is 4.98 Å². The van der Waals surface area contributed by atoms with E-state index in [0.29, 0.717) is 10.7 Å². The van der Waals surface area contributed by atoms with Crippen molar-refractivity contribution in [1.29, 1.82) is 0 Å². The molecule has 0 aliphatic heterocycles. The minimum Gasteiger partial charge on any atom is -0.326 e. The third-order valence-electron chi connectivity index (χ3n) is 3.60. The molecule has 0 aliphatic carbocycles. The van der Waals surface area contributed by atoms with Gasteiger partial charge in [-0.1, -0.05) is 11.6 Å². The zero-order valence-corrected chi connectivity index (χ0v) is 15.5. The molecular weight excluding hydrogens is 380 g/mol. The molecule has 1 heterocycles. The van der Waals surface area contributed by atoms with E-state index < -0.39 is 9.84 Å². The van der Waals surface area contributed by atoms with Gasteiger partial charge in [0.25, 0.3) is 0 Å². The number of carbonyl (C=O) groups excluding carboxylic acids is 1. The van der Waals surface area contributed by atoms with Crippen molar-refractivity contribution < 1.29 is 13.2 Å². The quantitative estimate of drug-likeness (QED) is 0.681. The van der Waals surface area contributed by atoms with Gasteiger partial charge in [0.15, 0.2) is 9.84 Å². The van der Waals surface area contributed by atoms with E-state index in [0.717, 1.165) is 10.2 Å². The zero-order chi connectivity index (χ0) is 17.9. The van der Waals surface area contributed by atoms with Crippen molar-refractivity contribution in [3.63, 3.8) is 0 Å². The third-order valence-corrected chi connectivity index (χ3v) is 6.48. The van der Waals surface area contributed by atoms with E-state index in [9.17, 15) is 13.2 Å². The van der Waals surface area contributed by atoms with Gasteiger partial charge in [-0.3, -0.25) is 4.79 Å². The summed E-state index contributed by atoms with van der Waals surface area (Å²) >= 11 is 7.29. The van der Waals surface area contributed by atoms with Gasteiger partial charge in [0.05, 0.1) is 26.4 Å². The molecule has 3 rings (SSSR count). The van der Waals surface area contributed by atoms with Gasteiger partial charge in [0.1, 0.15) is 0 Å². The first-order valence-corrected chi connectivity index (χ1v) is 10.5. The van der Waals surface area contributed by atoms with E-state index in [1.165, 1.54) is 35.6 Å². The van der Waals surface area contributed by atoms with Gasteiger partial charge in [0, 0.05) is 17.1 Å². The summed E-state index contributed by atoms with van der Waals surface area (Å²) in [6.45, 7) is 0. The number of nitrogens with one attached hydrogen (secondary N) is 1. The molecule has 25 heavy (non-hydrogen) atoms. The van der Waals surface area contributed by atoms with Crippen LogP contribution in [-0.2, 0) is 14.6 Å². The van der Waals surface area contributed by atoms with Crippen molar-refractivity contribution in [2.75, 3.05) is 11.1 Å². The van der Waals surface area contributed by atoms with Gasteiger partial charge >= 0.3 is 0 Å². The number of thiazole rings is 1. The highest BCUT2D eigenvalue weighted by Crippen LogP contribution is 2.22. The molecule has 0 aliphatic rings. The fourth-order valence-corrected chi connectivity index (χ4v) is 4.44. The highest BCUT2D eigenvalue weighted by Gasteiger charge is 2.15. The van der Waals surface area contributed by atoms with Crippen LogP contribution in [-0.4, -0.2) is 25.1 Å². The number of benzene rings is 2. The molecule has 0 atom stereocenters. The van der Waals surface area contributed by atoms with Crippen LogP contribution in [0.25, 0.3) is 10.2 Å². The summed E-state index contributed by atoms with van der Waals surface area (Å²) < 4.78 is 25.5. The Labute approximate surface area is 154 Å². The zero-order valence-electron chi connectivity index (χ0n) is 13.1. The summed E-state index contributed by atoms with van der Waals surface area (Å²) in [6, 6.07) is 11.5. The van der Waals surface area contributed by atoms with E-state index in [1.54, 1.807) is 11.6 Å². The lowest BCUT2D eigenvalue weighted by Gasteiger charge is -2.06. The molecule has 8 heteroatoms. The average Bonchev–Trinajstić information content (AvgIpc) is 3.02. The van der Waals surface area contributed by atoms with Crippen molar-refractivity contribution in [2.24, 2.45) is 0 Å². The summed E-state index contributed by atoms with van der Waals surface area (Å²) in [5.41, 5.74) is 3.23. The molecule has 0 spiro atoms. The number of anilines is 1. The predicted octanol–water partition coefficient (Wildman–Crippen LogP) is 4.14. The molecule has 0 fully saturated rings.